The largest absolute Gasteiger partial charge is 0.442 e. The molecular weight excluding hydrogens is 815 g/mol. The van der Waals surface area contributed by atoms with Crippen molar-refractivity contribution in [1.29, 1.82) is 0 Å². The molecule has 0 bridgehead atoms. The standard InChI is InChI=1S/C41H58F2N8O8S.CH4/c1-2-58-32-12-10-31(11-13-32)51-27-34(39(49-51)38-33(42)14-15-36(43)48-38)46-40(53)35-28-60-41(47-35)30-25-45-50(26-30)29-59-37(52)9-7-5-3-4-6-8-17-54-19-21-56-23-24-57-22-20-55-18-16-44;/h14-15,25-28,31-32H,2-13,16-24,29,44H2,1H3,(H,46,53);1H4. The van der Waals surface area contributed by atoms with Crippen LogP contribution >= 0.6 is 11.3 Å². The zero-order valence-corrected chi connectivity index (χ0v) is 35.2. The number of unbranched alkanes of at least 4 members (excludes halogenated alkanes) is 5. The van der Waals surface area contributed by atoms with E-state index in [1.165, 1.54) is 16.0 Å². The first-order valence-corrected chi connectivity index (χ1v) is 21.7. The molecule has 0 aliphatic heterocycles. The number of anilines is 1. The number of halogens is 2. The number of pyridine rings is 1. The molecule has 1 saturated carbocycles. The average Bonchev–Trinajstić information content (AvgIpc) is 4.03. The third kappa shape index (κ3) is 16.9. The summed E-state index contributed by atoms with van der Waals surface area (Å²) in [6, 6.07) is 1.90. The summed E-state index contributed by atoms with van der Waals surface area (Å²) < 4.78 is 65.2. The maximum Gasteiger partial charge on any atom is 0.307 e. The normalized spacial score (nSPS) is 15.1. The van der Waals surface area contributed by atoms with Gasteiger partial charge in [0.05, 0.1) is 70.3 Å². The Morgan fingerprint density at radius 2 is 1.52 bits per heavy atom. The lowest BCUT2D eigenvalue weighted by Gasteiger charge is -2.28. The number of nitrogens with zero attached hydrogens (tertiary/aromatic N) is 6. The fraction of sp³-hybridized carbons (Fsp3) is 0.619. The first-order valence-electron chi connectivity index (χ1n) is 20.8. The average molecular weight is 877 g/mol. The molecule has 1 aliphatic rings. The van der Waals surface area contributed by atoms with Crippen LogP contribution in [0.2, 0.25) is 0 Å². The van der Waals surface area contributed by atoms with Crippen molar-refractivity contribution in [2.24, 2.45) is 5.73 Å². The number of carbonyl (C=O) groups is 2. The van der Waals surface area contributed by atoms with E-state index in [1.807, 2.05) is 6.92 Å². The van der Waals surface area contributed by atoms with Crippen LogP contribution in [0, 0.1) is 11.8 Å². The van der Waals surface area contributed by atoms with Gasteiger partial charge in [-0.15, -0.1) is 11.3 Å². The van der Waals surface area contributed by atoms with E-state index in [0.717, 1.165) is 76.3 Å². The smallest absolute Gasteiger partial charge is 0.307 e. The number of ether oxygens (including phenoxy) is 6. The maximum absolute atomic E-state index is 14.9. The minimum Gasteiger partial charge on any atom is -0.442 e. The zero-order valence-electron chi connectivity index (χ0n) is 34.4. The van der Waals surface area contributed by atoms with Gasteiger partial charge in [0.25, 0.3) is 5.91 Å². The summed E-state index contributed by atoms with van der Waals surface area (Å²) in [5, 5.41) is 13.8. The number of esters is 1. The molecule has 61 heavy (non-hydrogen) atoms. The summed E-state index contributed by atoms with van der Waals surface area (Å²) in [5.74, 6) is -2.48. The number of thiazole rings is 1. The van der Waals surface area contributed by atoms with Crippen LogP contribution in [0.4, 0.5) is 14.5 Å². The van der Waals surface area contributed by atoms with Crippen molar-refractivity contribution in [2.75, 3.05) is 71.3 Å². The Kier molecular flexibility index (Phi) is 22.4. The van der Waals surface area contributed by atoms with Crippen molar-refractivity contribution in [3.05, 3.63) is 53.6 Å². The first kappa shape index (κ1) is 49.4. The second kappa shape index (κ2) is 27.7. The van der Waals surface area contributed by atoms with E-state index in [-0.39, 0.29) is 55.0 Å². The molecule has 4 aromatic heterocycles. The van der Waals surface area contributed by atoms with Gasteiger partial charge in [-0.3, -0.25) is 14.3 Å². The van der Waals surface area contributed by atoms with Gasteiger partial charge in [-0.1, -0.05) is 33.1 Å². The molecule has 1 aliphatic carbocycles. The van der Waals surface area contributed by atoms with Gasteiger partial charge < -0.3 is 39.5 Å². The number of aromatic nitrogens is 6. The van der Waals surface area contributed by atoms with E-state index in [2.05, 4.69) is 25.5 Å². The highest BCUT2D eigenvalue weighted by atomic mass is 32.1. The van der Waals surface area contributed by atoms with Crippen molar-refractivity contribution >= 4 is 28.9 Å². The summed E-state index contributed by atoms with van der Waals surface area (Å²) in [4.78, 5) is 34.0. The number of hydrogen-bond acceptors (Lipinski definition) is 14. The van der Waals surface area contributed by atoms with E-state index >= 15 is 0 Å². The zero-order chi connectivity index (χ0) is 42.4. The van der Waals surface area contributed by atoms with E-state index < -0.39 is 17.7 Å². The second-order valence-corrected chi connectivity index (χ2v) is 15.1. The number of nitrogens with one attached hydrogen (secondary N) is 1. The van der Waals surface area contributed by atoms with Crippen molar-refractivity contribution in [3.63, 3.8) is 0 Å². The monoisotopic (exact) mass is 876 g/mol. The van der Waals surface area contributed by atoms with Gasteiger partial charge in [-0.25, -0.2) is 19.0 Å². The lowest BCUT2D eigenvalue weighted by Crippen LogP contribution is -2.24. The summed E-state index contributed by atoms with van der Waals surface area (Å²) in [6.45, 7) is 7.53. The molecule has 1 fully saturated rings. The van der Waals surface area contributed by atoms with Gasteiger partial charge in [-0.2, -0.15) is 14.6 Å². The predicted molar refractivity (Wildman–Crippen MR) is 227 cm³/mol. The quantitative estimate of drug-likeness (QED) is 0.0317. The molecule has 0 unspecified atom stereocenters. The molecule has 338 valence electrons. The SMILES string of the molecule is C.CCOC1CCC(n2cc(NC(=O)c3csc(-c4cnn(COC(=O)CCCCCCCCOCCOCCOCCOCCN)c4)n3)c(-c3nc(F)ccc3F)n2)CC1. The minimum atomic E-state index is -0.867. The highest BCUT2D eigenvalue weighted by Crippen LogP contribution is 2.35. The van der Waals surface area contributed by atoms with Crippen LogP contribution in [0.1, 0.15) is 102 Å². The molecule has 0 aromatic carbocycles. The van der Waals surface area contributed by atoms with Gasteiger partial charge in [-0.05, 0) is 57.6 Å². The van der Waals surface area contributed by atoms with Crippen molar-refractivity contribution in [1.82, 2.24) is 29.5 Å². The number of hydrogen-bond donors (Lipinski definition) is 2. The Morgan fingerprint density at radius 1 is 0.852 bits per heavy atom. The van der Waals surface area contributed by atoms with Gasteiger partial charge in [0, 0.05) is 49.5 Å². The van der Waals surface area contributed by atoms with E-state index in [1.54, 1.807) is 28.7 Å². The van der Waals surface area contributed by atoms with E-state index in [9.17, 15) is 18.4 Å². The summed E-state index contributed by atoms with van der Waals surface area (Å²) in [7, 11) is 0. The number of rotatable bonds is 29. The summed E-state index contributed by atoms with van der Waals surface area (Å²) in [6.07, 6.45) is 14.5. The topological polar surface area (TPSA) is 189 Å². The Hall–Kier alpha value is -4.24. The van der Waals surface area contributed by atoms with Crippen molar-refractivity contribution < 1.29 is 46.8 Å². The van der Waals surface area contributed by atoms with Gasteiger partial charge >= 0.3 is 5.97 Å². The van der Waals surface area contributed by atoms with Crippen LogP contribution in [0.5, 0.6) is 0 Å². The highest BCUT2D eigenvalue weighted by molar-refractivity contribution is 7.13. The lowest BCUT2D eigenvalue weighted by atomic mass is 9.93. The molecule has 0 saturated heterocycles. The van der Waals surface area contributed by atoms with Crippen molar-refractivity contribution in [3.8, 4) is 22.0 Å². The molecule has 0 radical (unpaired) electrons. The van der Waals surface area contributed by atoms with Crippen LogP contribution in [0.3, 0.4) is 0 Å². The summed E-state index contributed by atoms with van der Waals surface area (Å²) >= 11 is 1.24. The molecular formula is C42H62F2N8O8S. The number of nitrogens with two attached hydrogens (primary N) is 1. The lowest BCUT2D eigenvalue weighted by molar-refractivity contribution is -0.148. The number of amides is 1. The highest BCUT2D eigenvalue weighted by Gasteiger charge is 2.27. The van der Waals surface area contributed by atoms with Crippen LogP contribution in [-0.2, 0) is 39.9 Å². The Bertz CT molecular complexity index is 1870. The minimum absolute atomic E-state index is 0. The Morgan fingerprint density at radius 3 is 2.23 bits per heavy atom. The van der Waals surface area contributed by atoms with Gasteiger partial charge in [0.1, 0.15) is 22.1 Å². The fourth-order valence-corrected chi connectivity index (χ4v) is 7.39. The van der Waals surface area contributed by atoms with Crippen molar-refractivity contribution in [2.45, 2.75) is 104 Å². The van der Waals surface area contributed by atoms with Crippen LogP contribution < -0.4 is 11.1 Å². The van der Waals surface area contributed by atoms with E-state index in [4.69, 9.17) is 34.2 Å². The molecule has 0 spiro atoms. The molecule has 0 atom stereocenters. The molecule has 4 heterocycles. The third-order valence-electron chi connectivity index (χ3n) is 9.71. The fourth-order valence-electron chi connectivity index (χ4n) is 6.62. The predicted octanol–water partition coefficient (Wildman–Crippen LogP) is 7.21. The van der Waals surface area contributed by atoms with Gasteiger partial charge in [0.2, 0.25) is 5.95 Å². The second-order valence-electron chi connectivity index (χ2n) is 14.2. The molecule has 4 aromatic rings. The first-order chi connectivity index (χ1) is 29.3. The van der Waals surface area contributed by atoms with E-state index in [0.29, 0.717) is 83.0 Å². The summed E-state index contributed by atoms with van der Waals surface area (Å²) in [5.41, 5.74) is 6.02. The number of carbonyl (C=O) groups excluding carboxylic acids is 2. The molecule has 5 rings (SSSR count). The Labute approximate surface area is 360 Å². The van der Waals surface area contributed by atoms with Crippen LogP contribution in [-0.4, -0.2) is 114 Å². The third-order valence-corrected chi connectivity index (χ3v) is 10.6. The van der Waals surface area contributed by atoms with Gasteiger partial charge in [0.15, 0.2) is 12.5 Å². The molecule has 16 nitrogen and oxygen atoms in total. The molecule has 1 amide bonds. The molecule has 3 N–H and O–H groups in total. The maximum atomic E-state index is 14.9. The molecule has 19 heteroatoms. The van der Waals surface area contributed by atoms with Crippen LogP contribution in [0.15, 0.2) is 36.1 Å². The van der Waals surface area contributed by atoms with Crippen LogP contribution in [0.25, 0.3) is 22.0 Å². The Balaban J connectivity index is 0.00000819.